The summed E-state index contributed by atoms with van der Waals surface area (Å²) in [4.78, 5) is 2.60. The lowest BCUT2D eigenvalue weighted by Gasteiger charge is -2.26. The van der Waals surface area contributed by atoms with Crippen LogP contribution in [0.25, 0.3) is 10.8 Å². The molecular formula is C20H29N. The van der Waals surface area contributed by atoms with Gasteiger partial charge in [-0.2, -0.15) is 0 Å². The number of hydrogen-bond acceptors (Lipinski definition) is 1. The Kier molecular flexibility index (Phi) is 6.59. The molecule has 0 spiro atoms. The van der Waals surface area contributed by atoms with Crippen LogP contribution < -0.4 is 4.90 Å². The highest BCUT2D eigenvalue weighted by molar-refractivity contribution is 5.94. The second-order valence-corrected chi connectivity index (χ2v) is 5.90. The van der Waals surface area contributed by atoms with Crippen molar-refractivity contribution in [2.45, 2.75) is 52.4 Å². The first-order chi connectivity index (χ1) is 10.4. The van der Waals surface area contributed by atoms with Crippen molar-refractivity contribution in [1.29, 1.82) is 0 Å². The van der Waals surface area contributed by atoms with Gasteiger partial charge in [-0.3, -0.25) is 0 Å². The summed E-state index contributed by atoms with van der Waals surface area (Å²) in [7, 11) is 0. The Labute approximate surface area is 130 Å². The number of hydrogen-bond donors (Lipinski definition) is 0. The van der Waals surface area contributed by atoms with Crippen molar-refractivity contribution in [3.05, 3.63) is 42.5 Å². The Morgan fingerprint density at radius 3 is 2.00 bits per heavy atom. The SMILES string of the molecule is CCCCCN(CCCCC)c1cccc2ccccc12. The van der Waals surface area contributed by atoms with Gasteiger partial charge in [-0.1, -0.05) is 75.9 Å². The minimum atomic E-state index is 1.19. The van der Waals surface area contributed by atoms with E-state index in [9.17, 15) is 0 Å². The molecule has 0 aliphatic rings. The van der Waals surface area contributed by atoms with Crippen LogP contribution in [0.4, 0.5) is 5.69 Å². The second kappa shape index (κ2) is 8.71. The molecule has 0 aromatic heterocycles. The summed E-state index contributed by atoms with van der Waals surface area (Å²) in [5.41, 5.74) is 1.42. The number of unbranched alkanes of at least 4 members (excludes halogenated alkanes) is 4. The molecule has 0 radical (unpaired) electrons. The molecule has 0 saturated carbocycles. The molecular weight excluding hydrogens is 254 g/mol. The number of nitrogens with zero attached hydrogens (tertiary/aromatic N) is 1. The van der Waals surface area contributed by atoms with Gasteiger partial charge in [0.1, 0.15) is 0 Å². The van der Waals surface area contributed by atoms with Crippen LogP contribution in [-0.4, -0.2) is 13.1 Å². The molecule has 0 atom stereocenters. The van der Waals surface area contributed by atoms with Gasteiger partial charge >= 0.3 is 0 Å². The normalized spacial score (nSPS) is 11.0. The zero-order chi connectivity index (χ0) is 14.9. The molecule has 0 unspecified atom stereocenters. The lowest BCUT2D eigenvalue weighted by molar-refractivity contribution is 0.638. The lowest BCUT2D eigenvalue weighted by atomic mass is 10.1. The predicted molar refractivity (Wildman–Crippen MR) is 95.2 cm³/mol. The Hall–Kier alpha value is -1.50. The summed E-state index contributed by atoms with van der Waals surface area (Å²) in [6.07, 6.45) is 7.83. The molecule has 1 nitrogen and oxygen atoms in total. The Morgan fingerprint density at radius 1 is 0.714 bits per heavy atom. The first-order valence-electron chi connectivity index (χ1n) is 8.59. The average Bonchev–Trinajstić information content (AvgIpc) is 2.53. The maximum absolute atomic E-state index is 2.60. The van der Waals surface area contributed by atoms with E-state index in [4.69, 9.17) is 0 Å². The van der Waals surface area contributed by atoms with Crippen LogP contribution in [0.15, 0.2) is 42.5 Å². The fourth-order valence-electron chi connectivity index (χ4n) is 2.94. The summed E-state index contributed by atoms with van der Waals surface area (Å²) >= 11 is 0. The van der Waals surface area contributed by atoms with E-state index < -0.39 is 0 Å². The maximum atomic E-state index is 2.60. The van der Waals surface area contributed by atoms with Crippen molar-refractivity contribution >= 4 is 16.5 Å². The van der Waals surface area contributed by atoms with Gasteiger partial charge in [0, 0.05) is 24.2 Å². The summed E-state index contributed by atoms with van der Waals surface area (Å²) in [5, 5.41) is 2.75. The van der Waals surface area contributed by atoms with Gasteiger partial charge < -0.3 is 4.90 Å². The fraction of sp³-hybridized carbons (Fsp3) is 0.500. The van der Waals surface area contributed by atoms with Gasteiger partial charge in [0.15, 0.2) is 0 Å². The van der Waals surface area contributed by atoms with Crippen LogP contribution in [-0.2, 0) is 0 Å². The highest BCUT2D eigenvalue weighted by atomic mass is 15.1. The predicted octanol–water partition coefficient (Wildman–Crippen LogP) is 6.03. The minimum Gasteiger partial charge on any atom is -0.371 e. The molecule has 2 rings (SSSR count). The van der Waals surface area contributed by atoms with Crippen LogP contribution in [0.5, 0.6) is 0 Å². The zero-order valence-electron chi connectivity index (χ0n) is 13.6. The topological polar surface area (TPSA) is 3.24 Å². The zero-order valence-corrected chi connectivity index (χ0v) is 13.6. The summed E-state index contributed by atoms with van der Waals surface area (Å²) in [6, 6.07) is 15.5. The Bertz CT molecular complexity index is 517. The van der Waals surface area contributed by atoms with E-state index in [-0.39, 0.29) is 0 Å². The monoisotopic (exact) mass is 283 g/mol. The fourth-order valence-corrected chi connectivity index (χ4v) is 2.94. The van der Waals surface area contributed by atoms with Crippen molar-refractivity contribution in [3.8, 4) is 0 Å². The largest absolute Gasteiger partial charge is 0.371 e. The quantitative estimate of drug-likeness (QED) is 0.508. The highest BCUT2D eigenvalue weighted by Gasteiger charge is 2.09. The van der Waals surface area contributed by atoms with Gasteiger partial charge in [-0.05, 0) is 24.3 Å². The lowest BCUT2D eigenvalue weighted by Crippen LogP contribution is -2.25. The molecule has 0 N–H and O–H groups in total. The summed E-state index contributed by atoms with van der Waals surface area (Å²) in [6.45, 7) is 6.93. The molecule has 1 heteroatoms. The van der Waals surface area contributed by atoms with Crippen molar-refractivity contribution in [2.24, 2.45) is 0 Å². The molecule has 0 aliphatic carbocycles. The Balaban J connectivity index is 2.19. The summed E-state index contributed by atoms with van der Waals surface area (Å²) < 4.78 is 0. The van der Waals surface area contributed by atoms with Gasteiger partial charge in [0.05, 0.1) is 0 Å². The smallest absolute Gasteiger partial charge is 0.0445 e. The van der Waals surface area contributed by atoms with E-state index >= 15 is 0 Å². The van der Waals surface area contributed by atoms with Crippen molar-refractivity contribution in [2.75, 3.05) is 18.0 Å². The van der Waals surface area contributed by atoms with Crippen molar-refractivity contribution in [1.82, 2.24) is 0 Å². The van der Waals surface area contributed by atoms with Gasteiger partial charge in [0.2, 0.25) is 0 Å². The van der Waals surface area contributed by atoms with Gasteiger partial charge in [0.25, 0.3) is 0 Å². The molecule has 21 heavy (non-hydrogen) atoms. The van der Waals surface area contributed by atoms with Crippen molar-refractivity contribution < 1.29 is 0 Å². The summed E-state index contributed by atoms with van der Waals surface area (Å²) in [5.74, 6) is 0. The standard InChI is InChI=1S/C20H29N/c1-3-5-9-16-21(17-10-6-4-2)20-15-11-13-18-12-7-8-14-19(18)20/h7-8,11-15H,3-6,9-10,16-17H2,1-2H3. The third kappa shape index (κ3) is 4.49. The molecule has 2 aromatic rings. The second-order valence-electron chi connectivity index (χ2n) is 5.90. The molecule has 0 saturated heterocycles. The van der Waals surface area contributed by atoms with Crippen LogP contribution in [0.1, 0.15) is 52.4 Å². The number of anilines is 1. The third-order valence-corrected chi connectivity index (χ3v) is 4.17. The van der Waals surface area contributed by atoms with Crippen LogP contribution in [0.3, 0.4) is 0 Å². The molecule has 114 valence electrons. The van der Waals surface area contributed by atoms with E-state index in [1.54, 1.807) is 0 Å². The van der Waals surface area contributed by atoms with E-state index in [0.717, 1.165) is 0 Å². The van der Waals surface area contributed by atoms with Crippen molar-refractivity contribution in [3.63, 3.8) is 0 Å². The van der Waals surface area contributed by atoms with Gasteiger partial charge in [-0.15, -0.1) is 0 Å². The van der Waals surface area contributed by atoms with E-state index in [1.165, 1.54) is 68.1 Å². The average molecular weight is 283 g/mol. The molecule has 0 bridgehead atoms. The molecule has 0 amide bonds. The third-order valence-electron chi connectivity index (χ3n) is 4.17. The van der Waals surface area contributed by atoms with Crippen LogP contribution in [0, 0.1) is 0 Å². The molecule has 0 aliphatic heterocycles. The Morgan fingerprint density at radius 2 is 1.33 bits per heavy atom. The number of rotatable bonds is 9. The molecule has 2 aromatic carbocycles. The first-order valence-corrected chi connectivity index (χ1v) is 8.59. The molecule has 0 heterocycles. The first kappa shape index (κ1) is 15.9. The van der Waals surface area contributed by atoms with Crippen LogP contribution in [0.2, 0.25) is 0 Å². The van der Waals surface area contributed by atoms with E-state index in [1.807, 2.05) is 0 Å². The molecule has 0 fully saturated rings. The highest BCUT2D eigenvalue weighted by Crippen LogP contribution is 2.27. The van der Waals surface area contributed by atoms with Gasteiger partial charge in [-0.25, -0.2) is 0 Å². The number of benzene rings is 2. The van der Waals surface area contributed by atoms with E-state index in [2.05, 4.69) is 61.2 Å². The minimum absolute atomic E-state index is 1.19. The maximum Gasteiger partial charge on any atom is 0.0445 e. The number of fused-ring (bicyclic) bond motifs is 1. The van der Waals surface area contributed by atoms with Crippen LogP contribution >= 0.6 is 0 Å². The van der Waals surface area contributed by atoms with E-state index in [0.29, 0.717) is 0 Å².